The summed E-state index contributed by atoms with van der Waals surface area (Å²) in [7, 11) is 0. The van der Waals surface area contributed by atoms with Crippen molar-refractivity contribution in [2.24, 2.45) is 0 Å². The Morgan fingerprint density at radius 2 is 1.79 bits per heavy atom. The molecule has 102 valence electrons. The van der Waals surface area contributed by atoms with Gasteiger partial charge in [-0.1, -0.05) is 30.3 Å². The van der Waals surface area contributed by atoms with Crippen LogP contribution in [0, 0.1) is 13.8 Å². The van der Waals surface area contributed by atoms with Gasteiger partial charge in [-0.25, -0.2) is 0 Å². The molecule has 2 nitrogen and oxygen atoms in total. The third-order valence-corrected chi connectivity index (χ3v) is 3.47. The largest absolute Gasteiger partial charge is 0.466 e. The molecular weight excluding hydrogens is 234 g/mol. The summed E-state index contributed by atoms with van der Waals surface area (Å²) < 4.78 is 5.60. The molecule has 2 aromatic rings. The fourth-order valence-corrected chi connectivity index (χ4v) is 2.62. The lowest BCUT2D eigenvalue weighted by atomic mass is 10.0. The summed E-state index contributed by atoms with van der Waals surface area (Å²) in [6, 6.07) is 13.5. The summed E-state index contributed by atoms with van der Waals surface area (Å²) in [6.07, 6.45) is 1.04. The summed E-state index contributed by atoms with van der Waals surface area (Å²) in [4.78, 5) is 0. The molecule has 19 heavy (non-hydrogen) atoms. The van der Waals surface area contributed by atoms with Crippen LogP contribution in [0.25, 0.3) is 0 Å². The van der Waals surface area contributed by atoms with Crippen LogP contribution >= 0.6 is 0 Å². The van der Waals surface area contributed by atoms with E-state index in [4.69, 9.17) is 4.42 Å². The van der Waals surface area contributed by atoms with Crippen molar-refractivity contribution in [1.29, 1.82) is 0 Å². The first-order valence-corrected chi connectivity index (χ1v) is 6.93. The fraction of sp³-hybridized carbons (Fsp3) is 0.412. The molecule has 0 radical (unpaired) electrons. The average molecular weight is 257 g/mol. The number of furan rings is 1. The quantitative estimate of drug-likeness (QED) is 0.869. The first-order valence-electron chi connectivity index (χ1n) is 6.93. The van der Waals surface area contributed by atoms with Crippen molar-refractivity contribution in [3.63, 3.8) is 0 Å². The van der Waals surface area contributed by atoms with E-state index in [1.165, 1.54) is 11.1 Å². The number of hydrogen-bond acceptors (Lipinski definition) is 2. The van der Waals surface area contributed by atoms with Crippen molar-refractivity contribution in [1.82, 2.24) is 5.32 Å². The van der Waals surface area contributed by atoms with Crippen LogP contribution in [-0.4, -0.2) is 6.04 Å². The highest BCUT2D eigenvalue weighted by Crippen LogP contribution is 2.21. The topological polar surface area (TPSA) is 25.2 Å². The minimum absolute atomic E-state index is 0.316. The van der Waals surface area contributed by atoms with Gasteiger partial charge in [-0.15, -0.1) is 0 Å². The van der Waals surface area contributed by atoms with Crippen LogP contribution in [-0.2, 0) is 6.42 Å². The Balaban J connectivity index is 1.95. The van der Waals surface area contributed by atoms with Crippen molar-refractivity contribution in [3.8, 4) is 0 Å². The van der Waals surface area contributed by atoms with Crippen LogP contribution in [0.15, 0.2) is 40.8 Å². The summed E-state index contributed by atoms with van der Waals surface area (Å²) in [5.74, 6) is 2.00. The number of aryl methyl sites for hydroxylation is 2. The van der Waals surface area contributed by atoms with Crippen LogP contribution in [0.4, 0.5) is 0 Å². The first-order chi connectivity index (χ1) is 9.06. The average Bonchev–Trinajstić information content (AvgIpc) is 2.69. The van der Waals surface area contributed by atoms with E-state index in [0.29, 0.717) is 12.1 Å². The highest BCUT2D eigenvalue weighted by atomic mass is 16.3. The summed E-state index contributed by atoms with van der Waals surface area (Å²) in [6.45, 7) is 8.45. The highest BCUT2D eigenvalue weighted by molar-refractivity contribution is 5.24. The maximum atomic E-state index is 5.60. The molecule has 0 aliphatic carbocycles. The van der Waals surface area contributed by atoms with Gasteiger partial charge < -0.3 is 9.73 Å². The molecule has 0 saturated carbocycles. The molecule has 0 aliphatic heterocycles. The molecule has 0 spiro atoms. The molecule has 1 aromatic carbocycles. The van der Waals surface area contributed by atoms with Gasteiger partial charge in [-0.05, 0) is 45.7 Å². The van der Waals surface area contributed by atoms with Gasteiger partial charge in [0.15, 0.2) is 0 Å². The van der Waals surface area contributed by atoms with Gasteiger partial charge in [0.1, 0.15) is 11.5 Å². The zero-order valence-corrected chi connectivity index (χ0v) is 12.2. The number of benzene rings is 1. The van der Waals surface area contributed by atoms with E-state index in [1.807, 2.05) is 13.8 Å². The number of rotatable bonds is 5. The van der Waals surface area contributed by atoms with Crippen LogP contribution in [0.2, 0.25) is 0 Å². The molecule has 2 rings (SSSR count). The molecule has 1 aromatic heterocycles. The fourth-order valence-electron chi connectivity index (χ4n) is 2.62. The lowest BCUT2D eigenvalue weighted by molar-refractivity contribution is 0.459. The van der Waals surface area contributed by atoms with Crippen LogP contribution in [0.3, 0.4) is 0 Å². The van der Waals surface area contributed by atoms with E-state index < -0.39 is 0 Å². The maximum Gasteiger partial charge on any atom is 0.105 e. The first kappa shape index (κ1) is 13.9. The van der Waals surface area contributed by atoms with Crippen LogP contribution < -0.4 is 5.32 Å². The second-order valence-electron chi connectivity index (χ2n) is 5.35. The molecule has 2 unspecified atom stereocenters. The van der Waals surface area contributed by atoms with E-state index in [1.54, 1.807) is 0 Å². The molecule has 2 heteroatoms. The van der Waals surface area contributed by atoms with Crippen molar-refractivity contribution in [2.75, 3.05) is 0 Å². The van der Waals surface area contributed by atoms with Crippen molar-refractivity contribution >= 4 is 0 Å². The Bertz CT molecular complexity index is 515. The normalized spacial score (nSPS) is 14.3. The lowest BCUT2D eigenvalue weighted by Gasteiger charge is -2.20. The monoisotopic (exact) mass is 257 g/mol. The van der Waals surface area contributed by atoms with Gasteiger partial charge >= 0.3 is 0 Å². The predicted octanol–water partition coefficient (Wildman–Crippen LogP) is 4.18. The molecule has 2 atom stereocenters. The van der Waals surface area contributed by atoms with Gasteiger partial charge in [-0.3, -0.25) is 0 Å². The minimum atomic E-state index is 0.316. The molecule has 0 bridgehead atoms. The molecule has 0 saturated heterocycles. The van der Waals surface area contributed by atoms with Crippen molar-refractivity contribution in [3.05, 3.63) is 59.0 Å². The Morgan fingerprint density at radius 3 is 2.37 bits per heavy atom. The lowest BCUT2D eigenvalue weighted by Crippen LogP contribution is -2.30. The molecule has 0 aliphatic rings. The van der Waals surface area contributed by atoms with Gasteiger partial charge in [0.2, 0.25) is 0 Å². The Hall–Kier alpha value is -1.54. The SMILES string of the molecule is Cc1cc(C(C)NC(C)Cc2ccccc2)c(C)o1. The Kier molecular flexibility index (Phi) is 4.43. The smallest absolute Gasteiger partial charge is 0.105 e. The standard InChI is InChI=1S/C17H23NO/c1-12(10-16-8-6-5-7-9-16)18-14(3)17-11-13(2)19-15(17)4/h5-9,11-12,14,18H,10H2,1-4H3. The van der Waals surface area contributed by atoms with Gasteiger partial charge in [-0.2, -0.15) is 0 Å². The van der Waals surface area contributed by atoms with E-state index in [-0.39, 0.29) is 0 Å². The molecule has 0 amide bonds. The summed E-state index contributed by atoms with van der Waals surface area (Å²) >= 11 is 0. The zero-order valence-electron chi connectivity index (χ0n) is 12.2. The van der Waals surface area contributed by atoms with E-state index >= 15 is 0 Å². The van der Waals surface area contributed by atoms with Gasteiger partial charge in [0.05, 0.1) is 0 Å². The number of nitrogens with one attached hydrogen (secondary N) is 1. The summed E-state index contributed by atoms with van der Waals surface area (Å²) in [5, 5.41) is 3.64. The molecule has 0 fully saturated rings. The third-order valence-electron chi connectivity index (χ3n) is 3.47. The minimum Gasteiger partial charge on any atom is -0.466 e. The highest BCUT2D eigenvalue weighted by Gasteiger charge is 2.14. The van der Waals surface area contributed by atoms with Crippen LogP contribution in [0.5, 0.6) is 0 Å². The van der Waals surface area contributed by atoms with Crippen LogP contribution in [0.1, 0.15) is 42.5 Å². The number of hydrogen-bond donors (Lipinski definition) is 1. The van der Waals surface area contributed by atoms with E-state index in [0.717, 1.165) is 17.9 Å². The molecule has 1 N–H and O–H groups in total. The molecular formula is C17H23NO. The molecule has 1 heterocycles. The third kappa shape index (κ3) is 3.71. The van der Waals surface area contributed by atoms with Gasteiger partial charge in [0.25, 0.3) is 0 Å². The Morgan fingerprint density at radius 1 is 1.11 bits per heavy atom. The second-order valence-corrected chi connectivity index (χ2v) is 5.35. The van der Waals surface area contributed by atoms with Gasteiger partial charge in [0, 0.05) is 17.6 Å². The predicted molar refractivity (Wildman–Crippen MR) is 79.3 cm³/mol. The van der Waals surface area contributed by atoms with E-state index in [2.05, 4.69) is 55.6 Å². The van der Waals surface area contributed by atoms with Crippen molar-refractivity contribution < 1.29 is 4.42 Å². The Labute approximate surface area is 115 Å². The zero-order chi connectivity index (χ0) is 13.8. The van der Waals surface area contributed by atoms with Crippen molar-refractivity contribution in [2.45, 2.75) is 46.2 Å². The maximum absolute atomic E-state index is 5.60. The van der Waals surface area contributed by atoms with E-state index in [9.17, 15) is 0 Å². The summed E-state index contributed by atoms with van der Waals surface area (Å²) in [5.41, 5.74) is 2.63. The second kappa shape index (κ2) is 6.07.